The summed E-state index contributed by atoms with van der Waals surface area (Å²) in [6, 6.07) is 7.45. The van der Waals surface area contributed by atoms with Gasteiger partial charge in [0.25, 0.3) is 0 Å². The highest BCUT2D eigenvalue weighted by Gasteiger charge is 2.00. The van der Waals surface area contributed by atoms with Gasteiger partial charge in [0, 0.05) is 17.8 Å². The van der Waals surface area contributed by atoms with Gasteiger partial charge < -0.3 is 5.32 Å². The first-order valence-corrected chi connectivity index (χ1v) is 6.12. The van der Waals surface area contributed by atoms with Crippen LogP contribution in [0.2, 0.25) is 0 Å². The summed E-state index contributed by atoms with van der Waals surface area (Å²) in [5, 5.41) is 12.1. The van der Waals surface area contributed by atoms with Crippen molar-refractivity contribution in [1.29, 1.82) is 5.26 Å². The van der Waals surface area contributed by atoms with Crippen LogP contribution in [0.3, 0.4) is 0 Å². The first kappa shape index (κ1) is 13.3. The third-order valence-corrected chi connectivity index (χ3v) is 2.64. The van der Waals surface area contributed by atoms with E-state index in [0.29, 0.717) is 17.4 Å². The summed E-state index contributed by atoms with van der Waals surface area (Å²) in [7, 11) is 0. The molecule has 0 radical (unpaired) electrons. The lowest BCUT2D eigenvalue weighted by atomic mass is 10.1. The van der Waals surface area contributed by atoms with Crippen molar-refractivity contribution in [3.8, 4) is 17.9 Å². The summed E-state index contributed by atoms with van der Waals surface area (Å²) >= 11 is 3.37. The molecule has 0 aromatic heterocycles. The molecule has 4 heteroatoms. The van der Waals surface area contributed by atoms with Gasteiger partial charge in [-0.25, -0.2) is 0 Å². The zero-order chi connectivity index (χ0) is 12.7. The Morgan fingerprint density at radius 2 is 2.29 bits per heavy atom. The van der Waals surface area contributed by atoms with Crippen LogP contribution in [0.1, 0.15) is 23.6 Å². The average molecular weight is 291 g/mol. The smallest absolute Gasteiger partial charge is 0.217 e. The van der Waals surface area contributed by atoms with E-state index in [0.717, 1.165) is 11.1 Å². The fraction of sp³-hybridized carbons (Fsp3) is 0.231. The third-order valence-electron chi connectivity index (χ3n) is 2.03. The lowest BCUT2D eigenvalue weighted by Gasteiger charge is -2.00. The van der Waals surface area contributed by atoms with Crippen LogP contribution in [0.5, 0.6) is 0 Å². The van der Waals surface area contributed by atoms with Gasteiger partial charge in [-0.3, -0.25) is 4.79 Å². The maximum absolute atomic E-state index is 10.6. The molecule has 0 aliphatic heterocycles. The van der Waals surface area contributed by atoms with Crippen LogP contribution in [-0.4, -0.2) is 12.5 Å². The molecule has 17 heavy (non-hydrogen) atoms. The van der Waals surface area contributed by atoms with Crippen molar-refractivity contribution >= 4 is 21.8 Å². The highest BCUT2D eigenvalue weighted by atomic mass is 79.9. The summed E-state index contributed by atoms with van der Waals surface area (Å²) in [6.45, 7) is 1.76. The van der Waals surface area contributed by atoms with E-state index in [1.54, 1.807) is 12.1 Å². The van der Waals surface area contributed by atoms with E-state index < -0.39 is 0 Å². The number of amides is 1. The second kappa shape index (κ2) is 6.73. The summed E-state index contributed by atoms with van der Waals surface area (Å²) in [5.41, 5.74) is 2.42. The molecule has 0 bridgehead atoms. The van der Waals surface area contributed by atoms with E-state index in [1.807, 2.05) is 6.07 Å². The topological polar surface area (TPSA) is 52.9 Å². The number of nitriles is 1. The molecule has 1 aromatic rings. The monoisotopic (exact) mass is 290 g/mol. The Kier molecular flexibility index (Phi) is 5.26. The van der Waals surface area contributed by atoms with Crippen molar-refractivity contribution in [3.05, 3.63) is 34.9 Å². The Bertz CT molecular complexity index is 520. The Labute approximate surface area is 109 Å². The molecule has 0 aliphatic rings. The van der Waals surface area contributed by atoms with Gasteiger partial charge in [-0.1, -0.05) is 33.8 Å². The van der Waals surface area contributed by atoms with E-state index >= 15 is 0 Å². The van der Waals surface area contributed by atoms with Crippen molar-refractivity contribution in [2.24, 2.45) is 0 Å². The SMILES string of the molecule is CC(=O)NCC#Cc1cc(C#N)ccc1CBr. The van der Waals surface area contributed by atoms with Gasteiger partial charge >= 0.3 is 0 Å². The Morgan fingerprint density at radius 1 is 1.53 bits per heavy atom. The maximum Gasteiger partial charge on any atom is 0.217 e. The number of rotatable bonds is 2. The highest BCUT2D eigenvalue weighted by Crippen LogP contribution is 2.13. The number of benzene rings is 1. The lowest BCUT2D eigenvalue weighted by molar-refractivity contribution is -0.118. The molecule has 1 amide bonds. The Balaban J connectivity index is 2.88. The Morgan fingerprint density at radius 3 is 2.88 bits per heavy atom. The van der Waals surface area contributed by atoms with E-state index in [2.05, 4.69) is 39.2 Å². The fourth-order valence-corrected chi connectivity index (χ4v) is 1.68. The zero-order valence-electron chi connectivity index (χ0n) is 9.38. The minimum Gasteiger partial charge on any atom is -0.345 e. The second-order valence-corrected chi connectivity index (χ2v) is 3.89. The first-order chi connectivity index (χ1) is 8.17. The van der Waals surface area contributed by atoms with Gasteiger partial charge in [-0.05, 0) is 17.7 Å². The van der Waals surface area contributed by atoms with Crippen molar-refractivity contribution in [1.82, 2.24) is 5.32 Å². The van der Waals surface area contributed by atoms with Crippen LogP contribution < -0.4 is 5.32 Å². The standard InChI is InChI=1S/C13H11BrN2O/c1-10(17)16-6-2-3-12-7-11(9-15)4-5-13(12)8-14/h4-5,7H,6,8H2,1H3,(H,16,17). The minimum atomic E-state index is -0.106. The summed E-state index contributed by atoms with van der Waals surface area (Å²) < 4.78 is 0. The van der Waals surface area contributed by atoms with Crippen LogP contribution in [0, 0.1) is 23.2 Å². The van der Waals surface area contributed by atoms with Crippen LogP contribution in [0.15, 0.2) is 18.2 Å². The molecular formula is C13H11BrN2O. The Hall–Kier alpha value is -1.78. The third kappa shape index (κ3) is 4.30. The molecule has 0 unspecified atom stereocenters. The molecule has 1 rings (SSSR count). The van der Waals surface area contributed by atoms with E-state index in [4.69, 9.17) is 5.26 Å². The number of alkyl halides is 1. The van der Waals surface area contributed by atoms with E-state index in [-0.39, 0.29) is 5.91 Å². The molecule has 0 saturated carbocycles. The van der Waals surface area contributed by atoms with Crippen LogP contribution >= 0.6 is 15.9 Å². The predicted octanol–water partition coefficient (Wildman–Crippen LogP) is 1.94. The molecule has 1 N–H and O–H groups in total. The largest absolute Gasteiger partial charge is 0.345 e. The van der Waals surface area contributed by atoms with Gasteiger partial charge in [0.2, 0.25) is 5.91 Å². The first-order valence-electron chi connectivity index (χ1n) is 4.99. The van der Waals surface area contributed by atoms with Crippen LogP contribution in [0.4, 0.5) is 0 Å². The molecule has 0 fully saturated rings. The molecular weight excluding hydrogens is 280 g/mol. The number of nitrogens with zero attached hydrogens (tertiary/aromatic N) is 1. The molecule has 0 spiro atoms. The van der Waals surface area contributed by atoms with Crippen LogP contribution in [-0.2, 0) is 10.1 Å². The quantitative estimate of drug-likeness (QED) is 0.669. The molecule has 1 aromatic carbocycles. The van der Waals surface area contributed by atoms with Crippen molar-refractivity contribution in [2.45, 2.75) is 12.3 Å². The zero-order valence-corrected chi connectivity index (χ0v) is 11.0. The normalized spacial score (nSPS) is 8.76. The van der Waals surface area contributed by atoms with Gasteiger partial charge in [-0.2, -0.15) is 5.26 Å². The number of hydrogen-bond donors (Lipinski definition) is 1. The summed E-state index contributed by atoms with van der Waals surface area (Å²) in [4.78, 5) is 10.6. The molecule has 3 nitrogen and oxygen atoms in total. The number of nitrogens with one attached hydrogen (secondary N) is 1. The molecule has 0 saturated heterocycles. The fourth-order valence-electron chi connectivity index (χ4n) is 1.19. The molecule has 0 atom stereocenters. The number of hydrogen-bond acceptors (Lipinski definition) is 2. The lowest BCUT2D eigenvalue weighted by Crippen LogP contribution is -2.19. The molecule has 0 heterocycles. The number of carbonyl (C=O) groups is 1. The van der Waals surface area contributed by atoms with Crippen molar-refractivity contribution < 1.29 is 4.79 Å². The second-order valence-electron chi connectivity index (χ2n) is 3.33. The highest BCUT2D eigenvalue weighted by molar-refractivity contribution is 9.08. The van der Waals surface area contributed by atoms with Gasteiger partial charge in [0.1, 0.15) is 0 Å². The minimum absolute atomic E-state index is 0.106. The van der Waals surface area contributed by atoms with Crippen molar-refractivity contribution in [2.75, 3.05) is 6.54 Å². The predicted molar refractivity (Wildman–Crippen MR) is 69.3 cm³/mol. The van der Waals surface area contributed by atoms with Gasteiger partial charge in [0.05, 0.1) is 18.2 Å². The van der Waals surface area contributed by atoms with Crippen LogP contribution in [0.25, 0.3) is 0 Å². The summed E-state index contributed by atoms with van der Waals surface area (Å²) in [6.07, 6.45) is 0. The molecule has 0 aliphatic carbocycles. The average Bonchev–Trinajstić information content (AvgIpc) is 2.34. The van der Waals surface area contributed by atoms with Gasteiger partial charge in [0.15, 0.2) is 0 Å². The molecule has 86 valence electrons. The maximum atomic E-state index is 10.6. The van der Waals surface area contributed by atoms with Crippen molar-refractivity contribution in [3.63, 3.8) is 0 Å². The summed E-state index contributed by atoms with van der Waals surface area (Å²) in [5.74, 6) is 5.69. The van der Waals surface area contributed by atoms with Gasteiger partial charge in [-0.15, -0.1) is 0 Å². The van der Waals surface area contributed by atoms with E-state index in [1.165, 1.54) is 6.92 Å². The number of halogens is 1. The number of carbonyl (C=O) groups excluding carboxylic acids is 1. The van der Waals surface area contributed by atoms with E-state index in [9.17, 15) is 4.79 Å².